The second-order valence-electron chi connectivity index (χ2n) is 4.82. The van der Waals surface area contributed by atoms with Crippen LogP contribution in [0.25, 0.3) is 0 Å². The van der Waals surface area contributed by atoms with Gasteiger partial charge in [-0.2, -0.15) is 18.3 Å². The zero-order valence-electron chi connectivity index (χ0n) is 12.5. The van der Waals surface area contributed by atoms with E-state index in [-0.39, 0.29) is 10.8 Å². The molecule has 0 aliphatic heterocycles. The highest BCUT2D eigenvalue weighted by Crippen LogP contribution is 2.34. The summed E-state index contributed by atoms with van der Waals surface area (Å²) in [5.74, 6) is -0.415. The van der Waals surface area contributed by atoms with Crippen LogP contribution in [0.2, 0.25) is 0 Å². The molecule has 2 aromatic rings. The van der Waals surface area contributed by atoms with Gasteiger partial charge in [0.2, 0.25) is 0 Å². The van der Waals surface area contributed by atoms with E-state index in [9.17, 15) is 17.6 Å². The maximum Gasteiger partial charge on any atom is 0.418 e. The minimum Gasteiger partial charge on any atom is -0.331 e. The molecule has 0 radical (unpaired) electrons. The summed E-state index contributed by atoms with van der Waals surface area (Å²) in [4.78, 5) is 0. The van der Waals surface area contributed by atoms with Gasteiger partial charge in [0.05, 0.1) is 17.0 Å². The molecule has 8 heteroatoms. The Kier molecular flexibility index (Phi) is 5.50. The summed E-state index contributed by atoms with van der Waals surface area (Å²) in [5.41, 5.74) is 2.39. The van der Waals surface area contributed by atoms with E-state index in [4.69, 9.17) is 12.2 Å². The second-order valence-corrected chi connectivity index (χ2v) is 5.23. The molecular weight excluding hydrogens is 342 g/mol. The van der Waals surface area contributed by atoms with Crippen molar-refractivity contribution in [1.29, 1.82) is 0 Å². The van der Waals surface area contributed by atoms with Crippen LogP contribution in [0.1, 0.15) is 18.1 Å². The normalized spacial score (nSPS) is 12.0. The Bertz CT molecular complexity index is 772. The van der Waals surface area contributed by atoms with Gasteiger partial charge in [-0.25, -0.2) is 4.39 Å². The van der Waals surface area contributed by atoms with Crippen LogP contribution in [0.4, 0.5) is 23.2 Å². The van der Waals surface area contributed by atoms with Gasteiger partial charge in [-0.1, -0.05) is 24.3 Å². The summed E-state index contributed by atoms with van der Waals surface area (Å²) in [6, 6.07) is 10.7. The number of hydrogen-bond donors (Lipinski definition) is 2. The van der Waals surface area contributed by atoms with E-state index in [0.29, 0.717) is 11.3 Å². The van der Waals surface area contributed by atoms with Crippen LogP contribution in [0, 0.1) is 5.82 Å². The lowest BCUT2D eigenvalue weighted by Gasteiger charge is -2.14. The van der Waals surface area contributed by atoms with Crippen LogP contribution in [-0.2, 0) is 6.18 Å². The van der Waals surface area contributed by atoms with Crippen LogP contribution >= 0.6 is 12.2 Å². The first-order chi connectivity index (χ1) is 11.3. The molecule has 24 heavy (non-hydrogen) atoms. The second kappa shape index (κ2) is 7.39. The molecule has 3 nitrogen and oxygen atoms in total. The number of anilines is 1. The van der Waals surface area contributed by atoms with E-state index in [1.54, 1.807) is 13.0 Å². The summed E-state index contributed by atoms with van der Waals surface area (Å²) in [5, 5.41) is 6.28. The number of alkyl halides is 3. The first-order valence-electron chi connectivity index (χ1n) is 6.81. The molecule has 2 rings (SSSR count). The maximum absolute atomic E-state index is 13.1. The first-order valence-corrected chi connectivity index (χ1v) is 7.21. The fourth-order valence-corrected chi connectivity index (χ4v) is 2.06. The third-order valence-corrected chi connectivity index (χ3v) is 3.24. The Morgan fingerprint density at radius 2 is 1.79 bits per heavy atom. The number of rotatable bonds is 3. The van der Waals surface area contributed by atoms with Crippen LogP contribution in [0.5, 0.6) is 0 Å². The van der Waals surface area contributed by atoms with E-state index in [1.807, 2.05) is 0 Å². The van der Waals surface area contributed by atoms with E-state index in [1.165, 1.54) is 36.4 Å². The van der Waals surface area contributed by atoms with Gasteiger partial charge >= 0.3 is 6.18 Å². The van der Waals surface area contributed by atoms with Crippen molar-refractivity contribution in [2.75, 3.05) is 5.32 Å². The first kappa shape index (κ1) is 17.9. The zero-order valence-corrected chi connectivity index (χ0v) is 13.3. The molecule has 126 valence electrons. The predicted molar refractivity (Wildman–Crippen MR) is 89.4 cm³/mol. The molecule has 0 aliphatic rings. The summed E-state index contributed by atoms with van der Waals surface area (Å²) in [7, 11) is 0. The van der Waals surface area contributed by atoms with Crippen LogP contribution in [0.3, 0.4) is 0 Å². The Hall–Kier alpha value is -2.48. The highest BCUT2D eigenvalue weighted by Gasteiger charge is 2.33. The largest absolute Gasteiger partial charge is 0.418 e. The van der Waals surface area contributed by atoms with Gasteiger partial charge in [-0.05, 0) is 43.4 Å². The number of para-hydroxylation sites is 1. The molecule has 0 amide bonds. The summed E-state index contributed by atoms with van der Waals surface area (Å²) < 4.78 is 51.9. The van der Waals surface area contributed by atoms with Crippen molar-refractivity contribution in [1.82, 2.24) is 5.43 Å². The van der Waals surface area contributed by atoms with Gasteiger partial charge in [-0.15, -0.1) is 0 Å². The van der Waals surface area contributed by atoms with Crippen molar-refractivity contribution >= 4 is 28.7 Å². The van der Waals surface area contributed by atoms with E-state index in [2.05, 4.69) is 15.8 Å². The van der Waals surface area contributed by atoms with E-state index >= 15 is 0 Å². The maximum atomic E-state index is 13.1. The van der Waals surface area contributed by atoms with Gasteiger partial charge in [0.1, 0.15) is 5.82 Å². The topological polar surface area (TPSA) is 36.4 Å². The zero-order chi connectivity index (χ0) is 17.7. The lowest BCUT2D eigenvalue weighted by atomic mass is 10.1. The average molecular weight is 355 g/mol. The van der Waals surface area contributed by atoms with E-state index in [0.717, 1.165) is 6.07 Å². The minimum atomic E-state index is -4.50. The van der Waals surface area contributed by atoms with Gasteiger partial charge in [-0.3, -0.25) is 5.43 Å². The third kappa shape index (κ3) is 4.76. The minimum absolute atomic E-state index is 0.109. The fourth-order valence-electron chi connectivity index (χ4n) is 1.90. The summed E-state index contributed by atoms with van der Waals surface area (Å²) >= 11 is 4.94. The average Bonchev–Trinajstić information content (AvgIpc) is 2.52. The molecule has 0 fully saturated rings. The van der Waals surface area contributed by atoms with Gasteiger partial charge in [0.25, 0.3) is 0 Å². The standard InChI is InChI=1S/C16H13F4N3S/c1-10(11-5-4-6-12(17)9-11)22-23-15(24)21-14-8-3-2-7-13(14)16(18,19)20/h2-9H,1H3,(H2,21,23,24)/b22-10+. The molecule has 0 atom stereocenters. The van der Waals surface area contributed by atoms with Gasteiger partial charge in [0.15, 0.2) is 5.11 Å². The third-order valence-electron chi connectivity index (χ3n) is 3.05. The molecule has 0 bridgehead atoms. The summed E-state index contributed by atoms with van der Waals surface area (Å²) in [6.07, 6.45) is -4.50. The van der Waals surface area contributed by atoms with Crippen molar-refractivity contribution in [2.24, 2.45) is 5.10 Å². The molecular formula is C16H13F4N3S. The molecule has 0 heterocycles. The SMILES string of the molecule is C/C(=N\NC(=S)Nc1ccccc1C(F)(F)F)c1cccc(F)c1. The van der Waals surface area contributed by atoms with Crippen LogP contribution < -0.4 is 10.7 Å². The highest BCUT2D eigenvalue weighted by atomic mass is 32.1. The molecule has 0 aliphatic carbocycles. The van der Waals surface area contributed by atoms with Gasteiger partial charge < -0.3 is 5.32 Å². The number of nitrogens with zero attached hydrogens (tertiary/aromatic N) is 1. The molecule has 0 saturated heterocycles. The molecule has 2 aromatic carbocycles. The Morgan fingerprint density at radius 3 is 2.46 bits per heavy atom. The molecule has 0 saturated carbocycles. The number of hydrazone groups is 1. The number of benzene rings is 2. The Morgan fingerprint density at radius 1 is 1.08 bits per heavy atom. The molecule has 0 spiro atoms. The fraction of sp³-hybridized carbons (Fsp3) is 0.125. The lowest BCUT2D eigenvalue weighted by Crippen LogP contribution is -2.26. The quantitative estimate of drug-likeness (QED) is 0.367. The van der Waals surface area contributed by atoms with E-state index < -0.39 is 17.6 Å². The molecule has 2 N–H and O–H groups in total. The van der Waals surface area contributed by atoms with Crippen molar-refractivity contribution < 1.29 is 17.6 Å². The molecule has 0 aromatic heterocycles. The number of halogens is 4. The van der Waals surface area contributed by atoms with Gasteiger partial charge in [0, 0.05) is 5.56 Å². The van der Waals surface area contributed by atoms with Crippen molar-refractivity contribution in [3.63, 3.8) is 0 Å². The monoisotopic (exact) mass is 355 g/mol. The summed E-state index contributed by atoms with van der Waals surface area (Å²) in [6.45, 7) is 1.62. The number of nitrogens with one attached hydrogen (secondary N) is 2. The van der Waals surface area contributed by atoms with Crippen molar-refractivity contribution in [3.8, 4) is 0 Å². The highest BCUT2D eigenvalue weighted by molar-refractivity contribution is 7.80. The van der Waals surface area contributed by atoms with Crippen molar-refractivity contribution in [2.45, 2.75) is 13.1 Å². The van der Waals surface area contributed by atoms with Crippen LogP contribution in [-0.4, -0.2) is 10.8 Å². The smallest absolute Gasteiger partial charge is 0.331 e. The van der Waals surface area contributed by atoms with Crippen molar-refractivity contribution in [3.05, 3.63) is 65.5 Å². The Labute approximate surface area is 141 Å². The molecule has 0 unspecified atom stereocenters. The Balaban J connectivity index is 2.08. The number of hydrogen-bond acceptors (Lipinski definition) is 2. The van der Waals surface area contributed by atoms with Crippen LogP contribution in [0.15, 0.2) is 53.6 Å². The predicted octanol–water partition coefficient (Wildman–Crippen LogP) is 4.56. The lowest BCUT2D eigenvalue weighted by molar-refractivity contribution is -0.136. The number of thiocarbonyl (C=S) groups is 1.